The molecule has 0 bridgehead atoms. The molecule has 0 radical (unpaired) electrons. The molecule has 120 valence electrons. The Kier molecular flexibility index (Phi) is 6.03. The van der Waals surface area contributed by atoms with Crippen molar-refractivity contribution in [3.05, 3.63) is 28.8 Å². The molecule has 22 heavy (non-hydrogen) atoms. The van der Waals surface area contributed by atoms with Crippen molar-refractivity contribution in [3.8, 4) is 0 Å². The van der Waals surface area contributed by atoms with Gasteiger partial charge in [-0.2, -0.15) is 0 Å². The average molecular weight is 325 g/mol. The van der Waals surface area contributed by atoms with Crippen LogP contribution in [0.25, 0.3) is 0 Å². The van der Waals surface area contributed by atoms with Crippen LogP contribution in [0, 0.1) is 0 Å². The summed E-state index contributed by atoms with van der Waals surface area (Å²) in [6.45, 7) is 3.69. The van der Waals surface area contributed by atoms with Gasteiger partial charge >= 0.3 is 6.03 Å². The Morgan fingerprint density at radius 2 is 2.00 bits per heavy atom. The lowest BCUT2D eigenvalue weighted by Gasteiger charge is -2.15. The Balaban J connectivity index is 1.80. The number of nitrogens with one attached hydrogen (secondary N) is 3. The fourth-order valence-corrected chi connectivity index (χ4v) is 2.69. The van der Waals surface area contributed by atoms with Gasteiger partial charge in [0.25, 0.3) is 5.91 Å². The van der Waals surface area contributed by atoms with Crippen molar-refractivity contribution in [1.82, 2.24) is 15.5 Å². The zero-order valence-corrected chi connectivity index (χ0v) is 13.4. The predicted octanol–water partition coefficient (Wildman–Crippen LogP) is 1.92. The van der Waals surface area contributed by atoms with Gasteiger partial charge in [0.15, 0.2) is 0 Å². The summed E-state index contributed by atoms with van der Waals surface area (Å²) in [5.41, 5.74) is 0.931. The van der Waals surface area contributed by atoms with E-state index in [9.17, 15) is 9.59 Å². The molecule has 3 amide bonds. The zero-order chi connectivity index (χ0) is 15.9. The largest absolute Gasteiger partial charge is 0.355 e. The van der Waals surface area contributed by atoms with Gasteiger partial charge in [0, 0.05) is 25.8 Å². The van der Waals surface area contributed by atoms with Crippen LogP contribution in [0.2, 0.25) is 5.02 Å². The maximum absolute atomic E-state index is 11.8. The van der Waals surface area contributed by atoms with E-state index >= 15 is 0 Å². The number of rotatable bonds is 5. The third-order valence-electron chi connectivity index (χ3n) is 3.61. The number of anilines is 1. The van der Waals surface area contributed by atoms with Gasteiger partial charge < -0.3 is 20.9 Å². The molecule has 0 aliphatic carbocycles. The molecule has 7 heteroatoms. The zero-order valence-electron chi connectivity index (χ0n) is 12.6. The summed E-state index contributed by atoms with van der Waals surface area (Å²) in [5, 5.41) is 8.33. The Hall–Kier alpha value is -1.79. The molecule has 0 saturated carbocycles. The van der Waals surface area contributed by atoms with Crippen LogP contribution in [0.1, 0.15) is 23.2 Å². The summed E-state index contributed by atoms with van der Waals surface area (Å²) < 4.78 is 0. The highest BCUT2D eigenvalue weighted by atomic mass is 35.5. The average Bonchev–Trinajstić information content (AvgIpc) is 3.00. The molecule has 0 aromatic heterocycles. The highest BCUT2D eigenvalue weighted by molar-refractivity contribution is 6.34. The van der Waals surface area contributed by atoms with Crippen LogP contribution in [0.4, 0.5) is 10.5 Å². The third kappa shape index (κ3) is 4.61. The van der Waals surface area contributed by atoms with E-state index in [-0.39, 0.29) is 11.9 Å². The number of hydrogen-bond donors (Lipinski definition) is 3. The van der Waals surface area contributed by atoms with Gasteiger partial charge in [-0.15, -0.1) is 0 Å². The van der Waals surface area contributed by atoms with Crippen LogP contribution in [0.15, 0.2) is 18.2 Å². The number of amides is 3. The van der Waals surface area contributed by atoms with Crippen molar-refractivity contribution < 1.29 is 9.59 Å². The Labute approximate surface area is 135 Å². The fraction of sp³-hybridized carbons (Fsp3) is 0.467. The van der Waals surface area contributed by atoms with Crippen LogP contribution >= 0.6 is 11.6 Å². The molecule has 1 fully saturated rings. The first-order chi connectivity index (χ1) is 10.6. The molecular formula is C15H21ClN4O2. The second kappa shape index (κ2) is 8.00. The Morgan fingerprint density at radius 3 is 2.64 bits per heavy atom. The monoisotopic (exact) mass is 324 g/mol. The van der Waals surface area contributed by atoms with Gasteiger partial charge in [-0.25, -0.2) is 4.79 Å². The number of urea groups is 1. The molecule has 0 unspecified atom stereocenters. The highest BCUT2D eigenvalue weighted by Crippen LogP contribution is 2.20. The number of likely N-dealkylation sites (tertiary alicyclic amines) is 1. The molecule has 6 nitrogen and oxygen atoms in total. The minimum absolute atomic E-state index is 0.258. The van der Waals surface area contributed by atoms with Gasteiger partial charge in [-0.1, -0.05) is 11.6 Å². The molecule has 0 spiro atoms. The number of halogens is 1. The molecule has 1 aliphatic heterocycles. The predicted molar refractivity (Wildman–Crippen MR) is 87.5 cm³/mol. The fourth-order valence-electron chi connectivity index (χ4n) is 2.42. The van der Waals surface area contributed by atoms with Crippen molar-refractivity contribution in [2.75, 3.05) is 38.5 Å². The molecule has 1 saturated heterocycles. The van der Waals surface area contributed by atoms with Crippen LogP contribution in [-0.4, -0.2) is 50.1 Å². The minimum atomic E-state index is -0.275. The smallest absolute Gasteiger partial charge is 0.319 e. The molecule has 1 aromatic rings. The maximum Gasteiger partial charge on any atom is 0.319 e. The van der Waals surface area contributed by atoms with E-state index < -0.39 is 0 Å². The van der Waals surface area contributed by atoms with Crippen molar-refractivity contribution in [1.29, 1.82) is 0 Å². The highest BCUT2D eigenvalue weighted by Gasteiger charge is 2.12. The van der Waals surface area contributed by atoms with E-state index in [2.05, 4.69) is 20.9 Å². The molecule has 1 aromatic carbocycles. The number of carbonyl (C=O) groups excluding carboxylic acids is 2. The summed E-state index contributed by atoms with van der Waals surface area (Å²) in [7, 11) is 1.54. The standard InChI is InChI=1S/C15H21ClN4O2/c1-17-14(21)12-5-4-11(10-13(12)16)19-15(22)18-6-9-20-7-2-3-8-20/h4-5,10H,2-3,6-9H2,1H3,(H,17,21)(H2,18,19,22). The summed E-state index contributed by atoms with van der Waals surface area (Å²) in [4.78, 5) is 25.7. The van der Waals surface area contributed by atoms with Crippen LogP contribution in [-0.2, 0) is 0 Å². The van der Waals surface area contributed by atoms with Gasteiger partial charge in [0.2, 0.25) is 0 Å². The van der Waals surface area contributed by atoms with Gasteiger partial charge in [-0.3, -0.25) is 4.79 Å². The lowest BCUT2D eigenvalue weighted by Crippen LogP contribution is -2.35. The minimum Gasteiger partial charge on any atom is -0.355 e. The molecule has 1 aliphatic rings. The van der Waals surface area contributed by atoms with Crippen LogP contribution in [0.3, 0.4) is 0 Å². The molecule has 1 heterocycles. The summed E-state index contributed by atoms with van der Waals surface area (Å²) >= 11 is 6.04. The van der Waals surface area contributed by atoms with Crippen molar-refractivity contribution in [3.63, 3.8) is 0 Å². The lowest BCUT2D eigenvalue weighted by molar-refractivity contribution is 0.0963. The van der Waals surface area contributed by atoms with E-state index in [0.717, 1.165) is 19.6 Å². The van der Waals surface area contributed by atoms with E-state index in [0.29, 0.717) is 22.8 Å². The SMILES string of the molecule is CNC(=O)c1ccc(NC(=O)NCCN2CCCC2)cc1Cl. The lowest BCUT2D eigenvalue weighted by atomic mass is 10.2. The topological polar surface area (TPSA) is 73.5 Å². The normalized spacial score (nSPS) is 14.6. The van der Waals surface area contributed by atoms with E-state index in [1.807, 2.05) is 0 Å². The molecule has 2 rings (SSSR count). The van der Waals surface area contributed by atoms with Gasteiger partial charge in [0.1, 0.15) is 0 Å². The van der Waals surface area contributed by atoms with Gasteiger partial charge in [-0.05, 0) is 44.1 Å². The second-order valence-electron chi connectivity index (χ2n) is 5.20. The molecular weight excluding hydrogens is 304 g/mol. The first kappa shape index (κ1) is 16.6. The van der Waals surface area contributed by atoms with Crippen molar-refractivity contribution in [2.45, 2.75) is 12.8 Å². The Morgan fingerprint density at radius 1 is 1.27 bits per heavy atom. The summed E-state index contributed by atoms with van der Waals surface area (Å²) in [6.07, 6.45) is 2.48. The number of hydrogen-bond acceptors (Lipinski definition) is 3. The Bertz CT molecular complexity index is 544. The second-order valence-corrected chi connectivity index (χ2v) is 5.61. The number of benzene rings is 1. The van der Waals surface area contributed by atoms with E-state index in [4.69, 9.17) is 11.6 Å². The van der Waals surface area contributed by atoms with Crippen LogP contribution < -0.4 is 16.0 Å². The first-order valence-electron chi connectivity index (χ1n) is 7.39. The summed E-state index contributed by atoms with van der Waals surface area (Å²) in [5.74, 6) is -0.258. The van der Waals surface area contributed by atoms with Crippen molar-refractivity contribution in [2.24, 2.45) is 0 Å². The first-order valence-corrected chi connectivity index (χ1v) is 7.77. The van der Waals surface area contributed by atoms with E-state index in [1.54, 1.807) is 25.2 Å². The molecule has 3 N–H and O–H groups in total. The van der Waals surface area contributed by atoms with Gasteiger partial charge in [0.05, 0.1) is 10.6 Å². The maximum atomic E-state index is 11.8. The quantitative estimate of drug-likeness (QED) is 0.774. The number of nitrogens with zero attached hydrogens (tertiary/aromatic N) is 1. The van der Waals surface area contributed by atoms with E-state index in [1.165, 1.54) is 12.8 Å². The number of carbonyl (C=O) groups is 2. The van der Waals surface area contributed by atoms with Crippen molar-refractivity contribution >= 4 is 29.2 Å². The van der Waals surface area contributed by atoms with Crippen LogP contribution in [0.5, 0.6) is 0 Å². The summed E-state index contributed by atoms with van der Waals surface area (Å²) in [6, 6.07) is 4.52. The molecule has 0 atom stereocenters. The third-order valence-corrected chi connectivity index (χ3v) is 3.92.